The predicted molar refractivity (Wildman–Crippen MR) is 83.9 cm³/mol. The number of benzene rings is 1. The summed E-state index contributed by atoms with van der Waals surface area (Å²) in [6.45, 7) is 9.97. The van der Waals surface area contributed by atoms with Gasteiger partial charge >= 0.3 is 0 Å². The lowest BCUT2D eigenvalue weighted by molar-refractivity contribution is -0.133. The van der Waals surface area contributed by atoms with Crippen molar-refractivity contribution < 1.29 is 9.59 Å². The monoisotopic (exact) mass is 280 g/mol. The van der Waals surface area contributed by atoms with E-state index in [1.807, 2.05) is 58.9 Å². The molecule has 0 bridgehead atoms. The molecule has 2 heteroatoms. The molecule has 0 saturated carbocycles. The summed E-state index contributed by atoms with van der Waals surface area (Å²) in [7, 11) is 0. The minimum absolute atomic E-state index is 0.326. The molecular formula is C19H20O2. The minimum atomic E-state index is -0.404. The van der Waals surface area contributed by atoms with Gasteiger partial charge in [-0.2, -0.15) is 0 Å². The third kappa shape index (κ3) is 1.78. The van der Waals surface area contributed by atoms with Crippen molar-refractivity contribution in [2.24, 2.45) is 5.41 Å². The maximum atomic E-state index is 12.7. The molecule has 2 nitrogen and oxygen atoms in total. The topological polar surface area (TPSA) is 34.1 Å². The first-order valence-corrected chi connectivity index (χ1v) is 7.31. The molecule has 0 spiro atoms. The molecule has 0 amide bonds. The molecule has 108 valence electrons. The van der Waals surface area contributed by atoms with Crippen LogP contribution in [-0.2, 0) is 15.0 Å². The molecular weight excluding hydrogens is 260 g/mol. The second kappa shape index (κ2) is 4.03. The maximum absolute atomic E-state index is 12.7. The Balaban J connectivity index is 2.33. The average Bonchev–Trinajstić information content (AvgIpc) is 2.62. The van der Waals surface area contributed by atoms with E-state index >= 15 is 0 Å². The van der Waals surface area contributed by atoms with Gasteiger partial charge in [-0.15, -0.1) is 0 Å². The number of fused-ring (bicyclic) bond motifs is 2. The second-order valence-electron chi connectivity index (χ2n) is 7.43. The Morgan fingerprint density at radius 1 is 0.952 bits per heavy atom. The fourth-order valence-electron chi connectivity index (χ4n) is 3.43. The van der Waals surface area contributed by atoms with Crippen LogP contribution in [0.25, 0.3) is 5.57 Å². The largest absolute Gasteiger partial charge is 0.285 e. The Morgan fingerprint density at radius 2 is 1.57 bits per heavy atom. The lowest BCUT2D eigenvalue weighted by Gasteiger charge is -2.28. The van der Waals surface area contributed by atoms with Gasteiger partial charge in [-0.3, -0.25) is 9.59 Å². The number of rotatable bonds is 0. The van der Waals surface area contributed by atoms with Gasteiger partial charge in [-0.25, -0.2) is 0 Å². The molecule has 2 aliphatic rings. The molecule has 21 heavy (non-hydrogen) atoms. The van der Waals surface area contributed by atoms with E-state index in [2.05, 4.69) is 6.07 Å². The first-order valence-electron chi connectivity index (χ1n) is 7.31. The third-order valence-electron chi connectivity index (χ3n) is 4.56. The van der Waals surface area contributed by atoms with E-state index < -0.39 is 5.41 Å². The van der Waals surface area contributed by atoms with Crippen LogP contribution < -0.4 is 0 Å². The van der Waals surface area contributed by atoms with Gasteiger partial charge in [0.15, 0.2) is 0 Å². The van der Waals surface area contributed by atoms with Crippen LogP contribution in [0.2, 0.25) is 0 Å². The third-order valence-corrected chi connectivity index (χ3v) is 4.56. The van der Waals surface area contributed by atoms with E-state index in [1.165, 1.54) is 0 Å². The van der Waals surface area contributed by atoms with E-state index in [1.54, 1.807) is 0 Å². The van der Waals surface area contributed by atoms with Crippen LogP contribution in [0.4, 0.5) is 0 Å². The Morgan fingerprint density at radius 3 is 2.19 bits per heavy atom. The molecule has 1 aromatic rings. The van der Waals surface area contributed by atoms with Crippen molar-refractivity contribution in [2.75, 3.05) is 0 Å². The Bertz CT molecular complexity index is 737. The van der Waals surface area contributed by atoms with Gasteiger partial charge in [0.25, 0.3) is 0 Å². The zero-order chi connectivity index (χ0) is 15.6. The fraction of sp³-hybridized carbons (Fsp3) is 0.368. The smallest absolute Gasteiger partial charge is 0.230 e. The van der Waals surface area contributed by atoms with Crippen LogP contribution in [0, 0.1) is 5.41 Å². The van der Waals surface area contributed by atoms with Gasteiger partial charge < -0.3 is 0 Å². The minimum Gasteiger partial charge on any atom is -0.285 e. The van der Waals surface area contributed by atoms with E-state index in [0.29, 0.717) is 11.1 Å². The van der Waals surface area contributed by atoms with Crippen molar-refractivity contribution in [3.05, 3.63) is 52.6 Å². The van der Waals surface area contributed by atoms with Gasteiger partial charge in [-0.05, 0) is 28.2 Å². The van der Waals surface area contributed by atoms with Gasteiger partial charge in [-0.1, -0.05) is 58.9 Å². The lowest BCUT2D eigenvalue weighted by atomic mass is 9.72. The predicted octanol–water partition coefficient (Wildman–Crippen LogP) is 3.86. The Kier molecular flexibility index (Phi) is 2.69. The summed E-state index contributed by atoms with van der Waals surface area (Å²) >= 11 is 0. The summed E-state index contributed by atoms with van der Waals surface area (Å²) in [4.78, 5) is 25.2. The normalized spacial score (nSPS) is 20.3. The van der Waals surface area contributed by atoms with Gasteiger partial charge in [0, 0.05) is 16.6 Å². The van der Waals surface area contributed by atoms with Crippen LogP contribution in [-0.4, -0.2) is 11.6 Å². The summed E-state index contributed by atoms with van der Waals surface area (Å²) in [5.41, 5.74) is 3.68. The molecule has 0 aliphatic heterocycles. The van der Waals surface area contributed by atoms with Crippen LogP contribution in [0.15, 0.2) is 41.5 Å². The van der Waals surface area contributed by atoms with Crippen LogP contribution >= 0.6 is 0 Å². The highest BCUT2D eigenvalue weighted by Crippen LogP contribution is 2.50. The first kappa shape index (κ1) is 14.0. The Hall–Kier alpha value is -1.96. The van der Waals surface area contributed by atoms with Crippen molar-refractivity contribution in [1.29, 1.82) is 0 Å². The number of hydrogen-bond donors (Lipinski definition) is 0. The number of carbonyl (C=O) groups is 2. The zero-order valence-electron chi connectivity index (χ0n) is 13.2. The van der Waals surface area contributed by atoms with Gasteiger partial charge in [0.05, 0.1) is 0 Å². The van der Waals surface area contributed by atoms with Crippen molar-refractivity contribution >= 4 is 17.1 Å². The highest BCUT2D eigenvalue weighted by molar-refractivity contribution is 6.53. The average molecular weight is 280 g/mol. The van der Waals surface area contributed by atoms with E-state index in [4.69, 9.17) is 0 Å². The van der Waals surface area contributed by atoms with Crippen molar-refractivity contribution in [1.82, 2.24) is 0 Å². The van der Waals surface area contributed by atoms with E-state index in [9.17, 15) is 9.59 Å². The summed E-state index contributed by atoms with van der Waals surface area (Å²) in [6, 6.07) is 8.06. The molecule has 0 unspecified atom stereocenters. The van der Waals surface area contributed by atoms with Crippen molar-refractivity contribution in [2.45, 2.75) is 40.0 Å². The molecule has 0 atom stereocenters. The molecule has 0 radical (unpaired) electrons. The molecule has 0 saturated heterocycles. The molecule has 0 N–H and O–H groups in total. The summed E-state index contributed by atoms with van der Waals surface area (Å²) in [5, 5.41) is 0. The zero-order valence-corrected chi connectivity index (χ0v) is 13.2. The van der Waals surface area contributed by atoms with Crippen LogP contribution in [0.5, 0.6) is 0 Å². The molecule has 0 aromatic heterocycles. The molecule has 0 heterocycles. The summed E-state index contributed by atoms with van der Waals surface area (Å²) < 4.78 is 0. The number of ketones is 2. The highest BCUT2D eigenvalue weighted by Gasteiger charge is 2.46. The second-order valence-corrected chi connectivity index (χ2v) is 7.43. The van der Waals surface area contributed by atoms with Gasteiger partial charge in [0.1, 0.15) is 0 Å². The number of carbonyl (C=O) groups excluding carboxylic acids is 2. The number of hydrogen-bond acceptors (Lipinski definition) is 2. The quantitative estimate of drug-likeness (QED) is 0.534. The number of Topliss-reactive ketones (excluding diaryl/α,β-unsaturated/α-hetero) is 2. The SMILES string of the molecule is CC(C)(C)C1=CC2=C(C(=O)C1=O)C(C)(C)c1ccccc12. The highest BCUT2D eigenvalue weighted by atomic mass is 16.2. The van der Waals surface area contributed by atoms with Gasteiger partial charge in [0.2, 0.25) is 11.6 Å². The standard InChI is InChI=1S/C19H20O2/c1-18(2,3)14-10-12-11-8-6-7-9-13(11)19(4,5)15(12)17(21)16(14)20/h6-10H,1-5H3. The molecule has 1 aromatic carbocycles. The van der Waals surface area contributed by atoms with Crippen molar-refractivity contribution in [3.8, 4) is 0 Å². The Labute approximate surface area is 125 Å². The van der Waals surface area contributed by atoms with Crippen LogP contribution in [0.1, 0.15) is 45.7 Å². The van der Waals surface area contributed by atoms with Crippen LogP contribution in [0.3, 0.4) is 0 Å². The molecule has 3 rings (SSSR count). The van der Waals surface area contributed by atoms with Crippen molar-refractivity contribution in [3.63, 3.8) is 0 Å². The summed E-state index contributed by atoms with van der Waals surface area (Å²) in [6.07, 6.45) is 1.94. The van der Waals surface area contributed by atoms with E-state index in [0.717, 1.165) is 16.7 Å². The fourth-order valence-corrected chi connectivity index (χ4v) is 3.43. The summed E-state index contributed by atoms with van der Waals surface area (Å²) in [5.74, 6) is -0.680. The first-order chi connectivity index (χ1) is 9.65. The number of allylic oxidation sites excluding steroid dienone is 4. The molecule has 0 fully saturated rings. The maximum Gasteiger partial charge on any atom is 0.230 e. The molecule has 2 aliphatic carbocycles. The van der Waals surface area contributed by atoms with E-state index in [-0.39, 0.29) is 17.0 Å². The lowest BCUT2D eigenvalue weighted by Crippen LogP contribution is -2.34.